The molecule has 0 spiro atoms. The summed E-state index contributed by atoms with van der Waals surface area (Å²) in [6.45, 7) is 7.20. The van der Waals surface area contributed by atoms with Crippen LogP contribution in [0.1, 0.15) is 26.3 Å². The Balaban J connectivity index is 2.03. The van der Waals surface area contributed by atoms with Crippen LogP contribution in [0, 0.1) is 0 Å². The number of benzene rings is 3. The molecule has 1 aliphatic heterocycles. The molecule has 2 heteroatoms. The molecule has 0 bridgehead atoms. The van der Waals surface area contributed by atoms with Crippen LogP contribution in [0.4, 0.5) is 0 Å². The number of hydrogen-bond donors (Lipinski definition) is 0. The summed E-state index contributed by atoms with van der Waals surface area (Å²) in [5, 5.41) is 0. The van der Waals surface area contributed by atoms with Crippen molar-refractivity contribution in [3.8, 4) is 22.6 Å². The SMILES string of the molecule is CCc1ccc2c(c1-c1ccccc1)B(C(C)C)c1ccccc1O2. The van der Waals surface area contributed by atoms with E-state index in [0.717, 1.165) is 17.9 Å². The molecular formula is C23H23BO. The van der Waals surface area contributed by atoms with Gasteiger partial charge in [-0.05, 0) is 46.2 Å². The first-order valence-corrected chi connectivity index (χ1v) is 9.18. The molecular weight excluding hydrogens is 303 g/mol. The fraction of sp³-hybridized carbons (Fsp3) is 0.217. The molecule has 0 unspecified atom stereocenters. The third-order valence-electron chi connectivity index (χ3n) is 5.19. The highest BCUT2D eigenvalue weighted by molar-refractivity contribution is 6.89. The van der Waals surface area contributed by atoms with Crippen molar-refractivity contribution in [1.29, 1.82) is 0 Å². The van der Waals surface area contributed by atoms with E-state index in [0.29, 0.717) is 12.5 Å². The van der Waals surface area contributed by atoms with Crippen LogP contribution in [0.25, 0.3) is 11.1 Å². The fourth-order valence-electron chi connectivity index (χ4n) is 4.08. The Morgan fingerprint density at radius 2 is 1.56 bits per heavy atom. The first kappa shape index (κ1) is 16.0. The van der Waals surface area contributed by atoms with E-state index in [-0.39, 0.29) is 0 Å². The van der Waals surface area contributed by atoms with Crippen LogP contribution in [0.15, 0.2) is 66.7 Å². The van der Waals surface area contributed by atoms with Gasteiger partial charge in [0.05, 0.1) is 0 Å². The second-order valence-corrected chi connectivity index (χ2v) is 7.09. The standard InChI is InChI=1S/C23H23BO/c1-4-17-14-15-21-23(22(17)18-10-6-5-7-11-18)24(16(2)3)19-12-8-9-13-20(19)25-21/h5-16H,4H2,1-3H3. The van der Waals surface area contributed by atoms with Gasteiger partial charge >= 0.3 is 0 Å². The molecule has 3 aromatic carbocycles. The molecule has 1 aliphatic rings. The minimum absolute atomic E-state index is 0.349. The van der Waals surface area contributed by atoms with Crippen molar-refractivity contribution in [1.82, 2.24) is 0 Å². The van der Waals surface area contributed by atoms with E-state index in [2.05, 4.69) is 87.5 Å². The number of hydrogen-bond acceptors (Lipinski definition) is 1. The maximum atomic E-state index is 6.32. The molecule has 3 aromatic rings. The average Bonchev–Trinajstić information content (AvgIpc) is 2.65. The van der Waals surface area contributed by atoms with Crippen molar-refractivity contribution in [3.63, 3.8) is 0 Å². The van der Waals surface area contributed by atoms with Crippen molar-refractivity contribution in [2.75, 3.05) is 0 Å². The second kappa shape index (κ2) is 6.44. The van der Waals surface area contributed by atoms with E-state index < -0.39 is 0 Å². The smallest absolute Gasteiger partial charge is 0.222 e. The topological polar surface area (TPSA) is 9.23 Å². The van der Waals surface area contributed by atoms with Gasteiger partial charge in [0.25, 0.3) is 0 Å². The van der Waals surface area contributed by atoms with Crippen LogP contribution < -0.4 is 15.7 Å². The van der Waals surface area contributed by atoms with Gasteiger partial charge in [0.1, 0.15) is 11.5 Å². The molecule has 0 fully saturated rings. The fourth-order valence-corrected chi connectivity index (χ4v) is 4.08. The monoisotopic (exact) mass is 326 g/mol. The number of aryl methyl sites for hydroxylation is 1. The third-order valence-corrected chi connectivity index (χ3v) is 5.19. The maximum Gasteiger partial charge on any atom is 0.222 e. The molecule has 4 rings (SSSR count). The highest BCUT2D eigenvalue weighted by Crippen LogP contribution is 2.34. The van der Waals surface area contributed by atoms with Crippen molar-refractivity contribution in [2.45, 2.75) is 33.0 Å². The van der Waals surface area contributed by atoms with E-state index in [9.17, 15) is 0 Å². The maximum absolute atomic E-state index is 6.32. The number of ether oxygens (including phenoxy) is 1. The summed E-state index contributed by atoms with van der Waals surface area (Å²) in [6.07, 6.45) is 1.02. The lowest BCUT2D eigenvalue weighted by Gasteiger charge is -2.31. The molecule has 124 valence electrons. The minimum atomic E-state index is 0.349. The van der Waals surface area contributed by atoms with Crippen molar-refractivity contribution in [2.24, 2.45) is 0 Å². The Morgan fingerprint density at radius 3 is 2.28 bits per heavy atom. The first-order valence-electron chi connectivity index (χ1n) is 9.18. The van der Waals surface area contributed by atoms with Gasteiger partial charge in [-0.1, -0.05) is 81.2 Å². The molecule has 1 heterocycles. The zero-order chi connectivity index (χ0) is 17.4. The van der Waals surface area contributed by atoms with Gasteiger partial charge in [0, 0.05) is 0 Å². The Kier molecular flexibility index (Phi) is 4.13. The van der Waals surface area contributed by atoms with Crippen molar-refractivity contribution < 1.29 is 4.74 Å². The predicted octanol–water partition coefficient (Wildman–Crippen LogP) is 5.04. The molecule has 1 nitrogen and oxygen atoms in total. The summed E-state index contributed by atoms with van der Waals surface area (Å²) in [5.41, 5.74) is 6.67. The number of para-hydroxylation sites is 1. The molecule has 0 radical (unpaired) electrons. The van der Waals surface area contributed by atoms with E-state index in [4.69, 9.17) is 4.74 Å². The third kappa shape index (κ3) is 2.66. The highest BCUT2D eigenvalue weighted by atomic mass is 16.5. The Labute approximate surface area is 150 Å². The average molecular weight is 326 g/mol. The number of rotatable bonds is 3. The van der Waals surface area contributed by atoms with Gasteiger partial charge < -0.3 is 4.74 Å². The van der Waals surface area contributed by atoms with Gasteiger partial charge in [-0.25, -0.2) is 0 Å². The van der Waals surface area contributed by atoms with Gasteiger partial charge in [0.2, 0.25) is 6.71 Å². The van der Waals surface area contributed by atoms with Crippen LogP contribution in [0.2, 0.25) is 5.82 Å². The zero-order valence-corrected chi connectivity index (χ0v) is 15.1. The minimum Gasteiger partial charge on any atom is -0.458 e. The van der Waals surface area contributed by atoms with Gasteiger partial charge in [0.15, 0.2) is 0 Å². The summed E-state index contributed by atoms with van der Waals surface area (Å²) >= 11 is 0. The van der Waals surface area contributed by atoms with Crippen LogP contribution in [-0.4, -0.2) is 6.71 Å². The Hall–Kier alpha value is -2.48. The molecule has 0 amide bonds. The predicted molar refractivity (Wildman–Crippen MR) is 108 cm³/mol. The molecule has 0 atom stereocenters. The van der Waals surface area contributed by atoms with Gasteiger partial charge in [-0.3, -0.25) is 0 Å². The Bertz CT molecular complexity index is 899. The summed E-state index contributed by atoms with van der Waals surface area (Å²) in [5.74, 6) is 2.50. The van der Waals surface area contributed by atoms with Crippen LogP contribution in [-0.2, 0) is 6.42 Å². The van der Waals surface area contributed by atoms with Gasteiger partial charge in [-0.2, -0.15) is 0 Å². The Morgan fingerprint density at radius 1 is 0.840 bits per heavy atom. The molecule has 25 heavy (non-hydrogen) atoms. The van der Waals surface area contributed by atoms with Gasteiger partial charge in [-0.15, -0.1) is 0 Å². The highest BCUT2D eigenvalue weighted by Gasteiger charge is 2.35. The summed E-state index contributed by atoms with van der Waals surface area (Å²) in [7, 11) is 0. The normalized spacial score (nSPS) is 12.6. The lowest BCUT2D eigenvalue weighted by Crippen LogP contribution is -2.49. The lowest BCUT2D eigenvalue weighted by molar-refractivity contribution is 0.487. The second-order valence-electron chi connectivity index (χ2n) is 7.09. The van der Waals surface area contributed by atoms with Crippen LogP contribution in [0.3, 0.4) is 0 Å². The molecule has 0 saturated heterocycles. The summed E-state index contributed by atoms with van der Waals surface area (Å²) in [6, 6.07) is 23.6. The van der Waals surface area contributed by atoms with Crippen LogP contribution in [0.5, 0.6) is 11.5 Å². The molecule has 0 aliphatic carbocycles. The summed E-state index contributed by atoms with van der Waals surface area (Å²) < 4.78 is 6.32. The van der Waals surface area contributed by atoms with Crippen molar-refractivity contribution in [3.05, 3.63) is 72.3 Å². The zero-order valence-electron chi connectivity index (χ0n) is 15.1. The molecule has 0 N–H and O–H groups in total. The quantitative estimate of drug-likeness (QED) is 0.613. The summed E-state index contributed by atoms with van der Waals surface area (Å²) in [4.78, 5) is 0. The van der Waals surface area contributed by atoms with Crippen LogP contribution >= 0.6 is 0 Å². The molecule has 0 aromatic heterocycles. The first-order chi connectivity index (χ1) is 12.2. The van der Waals surface area contributed by atoms with Crippen molar-refractivity contribution >= 4 is 17.6 Å². The largest absolute Gasteiger partial charge is 0.458 e. The van der Waals surface area contributed by atoms with E-state index in [1.54, 1.807) is 0 Å². The number of fused-ring (bicyclic) bond motifs is 2. The molecule has 0 saturated carbocycles. The van der Waals surface area contributed by atoms with E-state index in [1.165, 1.54) is 27.6 Å². The lowest BCUT2D eigenvalue weighted by atomic mass is 9.32. The van der Waals surface area contributed by atoms with E-state index in [1.807, 2.05) is 0 Å². The van der Waals surface area contributed by atoms with E-state index >= 15 is 0 Å².